The molecule has 2 aromatic carbocycles. The zero-order chi connectivity index (χ0) is 20.9. The Morgan fingerprint density at radius 2 is 1.73 bits per heavy atom. The molecule has 1 aromatic heterocycles. The summed E-state index contributed by atoms with van der Waals surface area (Å²) in [7, 11) is 0. The zero-order valence-electron chi connectivity index (χ0n) is 16.2. The number of benzene rings is 2. The average Bonchev–Trinajstić information content (AvgIpc) is 3.46. The van der Waals surface area contributed by atoms with E-state index in [1.54, 1.807) is 36.4 Å². The SMILES string of the molecule is O=C(N/N=C\c1ccc(-c2ccc([N+](=O)[O-])cc2)o1)c1ccc(N2CCCC2)cc1. The van der Waals surface area contributed by atoms with Gasteiger partial charge in [-0.05, 0) is 61.4 Å². The van der Waals surface area contributed by atoms with Crippen molar-refractivity contribution in [3.8, 4) is 11.3 Å². The third-order valence-corrected chi connectivity index (χ3v) is 4.95. The lowest BCUT2D eigenvalue weighted by Crippen LogP contribution is -2.19. The van der Waals surface area contributed by atoms with Crippen LogP contribution in [0.2, 0.25) is 0 Å². The van der Waals surface area contributed by atoms with Gasteiger partial charge in [0.15, 0.2) is 0 Å². The number of hydrogen-bond acceptors (Lipinski definition) is 6. The Labute approximate surface area is 173 Å². The van der Waals surface area contributed by atoms with Gasteiger partial charge in [0.25, 0.3) is 11.6 Å². The van der Waals surface area contributed by atoms with Crippen molar-refractivity contribution in [1.29, 1.82) is 0 Å². The maximum Gasteiger partial charge on any atom is 0.271 e. The Hall–Kier alpha value is -3.94. The van der Waals surface area contributed by atoms with E-state index in [9.17, 15) is 14.9 Å². The number of nitro benzene ring substituents is 1. The quantitative estimate of drug-likeness (QED) is 0.377. The molecule has 0 atom stereocenters. The fourth-order valence-electron chi connectivity index (χ4n) is 3.34. The number of carbonyl (C=O) groups excluding carboxylic acids is 1. The standard InChI is InChI=1S/C22H20N4O4/c27-22(17-5-7-18(8-6-17)25-13-1-2-14-25)24-23-15-20-11-12-21(30-20)16-3-9-19(10-4-16)26(28)29/h3-12,15H,1-2,13-14H2,(H,24,27)/b23-15-. The van der Waals surface area contributed by atoms with Crippen molar-refractivity contribution < 1.29 is 14.1 Å². The van der Waals surface area contributed by atoms with Crippen LogP contribution in [0.3, 0.4) is 0 Å². The Morgan fingerprint density at radius 1 is 1.03 bits per heavy atom. The second kappa shape index (κ2) is 8.60. The minimum atomic E-state index is -0.452. The van der Waals surface area contributed by atoms with Crippen molar-refractivity contribution in [2.45, 2.75) is 12.8 Å². The van der Waals surface area contributed by atoms with Gasteiger partial charge in [0.1, 0.15) is 11.5 Å². The monoisotopic (exact) mass is 404 g/mol. The minimum absolute atomic E-state index is 0.0169. The molecule has 4 rings (SSSR count). The number of nitro groups is 1. The van der Waals surface area contributed by atoms with Gasteiger partial charge >= 0.3 is 0 Å². The van der Waals surface area contributed by atoms with E-state index < -0.39 is 4.92 Å². The fourth-order valence-corrected chi connectivity index (χ4v) is 3.34. The number of non-ortho nitro benzene ring substituents is 1. The Kier molecular flexibility index (Phi) is 5.56. The molecule has 0 spiro atoms. The van der Waals surface area contributed by atoms with Crippen LogP contribution in [0.15, 0.2) is 70.2 Å². The predicted molar refractivity (Wildman–Crippen MR) is 114 cm³/mol. The van der Waals surface area contributed by atoms with E-state index in [1.807, 2.05) is 12.1 Å². The fraction of sp³-hybridized carbons (Fsp3) is 0.182. The summed E-state index contributed by atoms with van der Waals surface area (Å²) in [5.41, 5.74) is 4.87. The molecule has 0 unspecified atom stereocenters. The topological polar surface area (TPSA) is 101 Å². The van der Waals surface area contributed by atoms with Gasteiger partial charge in [0.05, 0.1) is 11.1 Å². The van der Waals surface area contributed by atoms with Crippen molar-refractivity contribution in [1.82, 2.24) is 5.43 Å². The van der Waals surface area contributed by atoms with Gasteiger partial charge in [-0.2, -0.15) is 5.10 Å². The highest BCUT2D eigenvalue weighted by Gasteiger charge is 2.13. The molecule has 1 aliphatic rings. The summed E-state index contributed by atoms with van der Waals surface area (Å²) < 4.78 is 5.65. The highest BCUT2D eigenvalue weighted by Crippen LogP contribution is 2.24. The van der Waals surface area contributed by atoms with Gasteiger partial charge in [-0.3, -0.25) is 14.9 Å². The van der Waals surface area contributed by atoms with Gasteiger partial charge in [-0.25, -0.2) is 5.43 Å². The van der Waals surface area contributed by atoms with E-state index >= 15 is 0 Å². The number of furan rings is 1. The molecule has 30 heavy (non-hydrogen) atoms. The molecule has 0 bridgehead atoms. The van der Waals surface area contributed by atoms with Crippen LogP contribution in [0.25, 0.3) is 11.3 Å². The van der Waals surface area contributed by atoms with Crippen LogP contribution in [-0.4, -0.2) is 30.1 Å². The first-order valence-electron chi connectivity index (χ1n) is 9.63. The largest absolute Gasteiger partial charge is 0.455 e. The molecule has 3 aromatic rings. The van der Waals surface area contributed by atoms with Gasteiger partial charge in [-0.15, -0.1) is 0 Å². The molecule has 152 valence electrons. The lowest BCUT2D eigenvalue weighted by Gasteiger charge is -2.17. The lowest BCUT2D eigenvalue weighted by atomic mass is 10.1. The summed E-state index contributed by atoms with van der Waals surface area (Å²) in [5.74, 6) is 0.699. The summed E-state index contributed by atoms with van der Waals surface area (Å²) in [6.07, 6.45) is 3.82. The normalized spacial score (nSPS) is 13.7. The number of nitrogens with one attached hydrogen (secondary N) is 1. The van der Waals surface area contributed by atoms with Gasteiger partial charge in [0, 0.05) is 42.0 Å². The Balaban J connectivity index is 1.35. The molecule has 2 heterocycles. The van der Waals surface area contributed by atoms with E-state index in [0.717, 1.165) is 18.8 Å². The molecule has 1 aliphatic heterocycles. The van der Waals surface area contributed by atoms with Crippen LogP contribution in [0.5, 0.6) is 0 Å². The lowest BCUT2D eigenvalue weighted by molar-refractivity contribution is -0.384. The maximum absolute atomic E-state index is 12.3. The van der Waals surface area contributed by atoms with Crippen molar-refractivity contribution >= 4 is 23.5 Å². The van der Waals surface area contributed by atoms with Gasteiger partial charge in [0.2, 0.25) is 0 Å². The molecule has 8 nitrogen and oxygen atoms in total. The third kappa shape index (κ3) is 4.38. The third-order valence-electron chi connectivity index (χ3n) is 4.95. The van der Waals surface area contributed by atoms with Crippen LogP contribution in [0, 0.1) is 10.1 Å². The van der Waals surface area contributed by atoms with Gasteiger partial charge < -0.3 is 9.32 Å². The number of carbonyl (C=O) groups is 1. The van der Waals surface area contributed by atoms with Crippen LogP contribution in [0.1, 0.15) is 29.0 Å². The van der Waals surface area contributed by atoms with Gasteiger partial charge in [-0.1, -0.05) is 0 Å². The molecule has 1 saturated heterocycles. The van der Waals surface area contributed by atoms with Crippen molar-refractivity contribution in [2.75, 3.05) is 18.0 Å². The van der Waals surface area contributed by atoms with Crippen molar-refractivity contribution in [3.63, 3.8) is 0 Å². The first-order valence-corrected chi connectivity index (χ1v) is 9.63. The number of anilines is 1. The molecule has 1 amide bonds. The number of nitrogens with zero attached hydrogens (tertiary/aromatic N) is 3. The van der Waals surface area contributed by atoms with E-state index in [-0.39, 0.29) is 11.6 Å². The smallest absolute Gasteiger partial charge is 0.271 e. The molecular formula is C22H20N4O4. The second-order valence-electron chi connectivity index (χ2n) is 6.95. The Bertz CT molecular complexity index is 1070. The number of amides is 1. The molecule has 1 fully saturated rings. The maximum atomic E-state index is 12.3. The Morgan fingerprint density at radius 3 is 2.40 bits per heavy atom. The molecule has 8 heteroatoms. The summed E-state index contributed by atoms with van der Waals surface area (Å²) in [6.45, 7) is 2.11. The van der Waals surface area contributed by atoms with Crippen LogP contribution < -0.4 is 10.3 Å². The molecule has 0 aliphatic carbocycles. The number of hydrazone groups is 1. The predicted octanol–water partition coefficient (Wildman–Crippen LogP) is 4.22. The molecule has 0 radical (unpaired) electrons. The summed E-state index contributed by atoms with van der Waals surface area (Å²) in [4.78, 5) is 24.8. The summed E-state index contributed by atoms with van der Waals surface area (Å²) in [5, 5.41) is 14.7. The van der Waals surface area contributed by atoms with E-state index in [2.05, 4.69) is 15.4 Å². The first kappa shape index (κ1) is 19.4. The van der Waals surface area contributed by atoms with Crippen LogP contribution >= 0.6 is 0 Å². The minimum Gasteiger partial charge on any atom is -0.455 e. The average molecular weight is 404 g/mol. The summed E-state index contributed by atoms with van der Waals surface area (Å²) in [6, 6.07) is 17.0. The summed E-state index contributed by atoms with van der Waals surface area (Å²) >= 11 is 0. The highest BCUT2D eigenvalue weighted by molar-refractivity contribution is 5.95. The highest BCUT2D eigenvalue weighted by atomic mass is 16.6. The van der Waals surface area contributed by atoms with Crippen molar-refractivity contribution in [2.24, 2.45) is 5.10 Å². The molecular weight excluding hydrogens is 384 g/mol. The van der Waals surface area contributed by atoms with E-state index in [4.69, 9.17) is 4.42 Å². The zero-order valence-corrected chi connectivity index (χ0v) is 16.2. The van der Waals surface area contributed by atoms with Crippen LogP contribution in [-0.2, 0) is 0 Å². The molecule has 1 N–H and O–H groups in total. The van der Waals surface area contributed by atoms with E-state index in [1.165, 1.54) is 31.2 Å². The number of hydrogen-bond donors (Lipinski definition) is 1. The van der Waals surface area contributed by atoms with Crippen molar-refractivity contribution in [3.05, 3.63) is 82.1 Å². The second-order valence-corrected chi connectivity index (χ2v) is 6.95. The van der Waals surface area contributed by atoms with E-state index in [0.29, 0.717) is 22.6 Å². The van der Waals surface area contributed by atoms with Crippen LogP contribution in [0.4, 0.5) is 11.4 Å². The molecule has 0 saturated carbocycles. The first-order chi connectivity index (χ1) is 14.6. The number of rotatable bonds is 6.